The van der Waals surface area contributed by atoms with Crippen molar-refractivity contribution in [3.8, 4) is 0 Å². The summed E-state index contributed by atoms with van der Waals surface area (Å²) in [5.41, 5.74) is 0.924. The van der Waals surface area contributed by atoms with Crippen molar-refractivity contribution in [2.75, 3.05) is 5.32 Å². The zero-order chi connectivity index (χ0) is 16.0. The standard InChI is InChI=1S/C19H29NOS/c1-4-14-19(2,3)22-17-12-10-16(11-13-17)20-18(21)15-8-6-5-7-9-15/h10-13,15H,4-9,14H2,1-3H3,(H,20,21). The Morgan fingerprint density at radius 1 is 1.18 bits per heavy atom. The second-order valence-corrected chi connectivity index (χ2v) is 8.74. The monoisotopic (exact) mass is 319 g/mol. The largest absolute Gasteiger partial charge is 0.326 e. The van der Waals surface area contributed by atoms with E-state index < -0.39 is 0 Å². The van der Waals surface area contributed by atoms with Crippen LogP contribution >= 0.6 is 11.8 Å². The highest BCUT2D eigenvalue weighted by Crippen LogP contribution is 2.36. The van der Waals surface area contributed by atoms with Crippen molar-refractivity contribution in [3.63, 3.8) is 0 Å². The van der Waals surface area contributed by atoms with Crippen LogP contribution in [-0.4, -0.2) is 10.7 Å². The fourth-order valence-corrected chi connectivity index (χ4v) is 4.40. The van der Waals surface area contributed by atoms with E-state index in [4.69, 9.17) is 0 Å². The number of hydrogen-bond acceptors (Lipinski definition) is 2. The maximum absolute atomic E-state index is 12.3. The number of hydrogen-bond donors (Lipinski definition) is 1. The highest BCUT2D eigenvalue weighted by atomic mass is 32.2. The molecule has 0 aliphatic heterocycles. The maximum Gasteiger partial charge on any atom is 0.227 e. The molecule has 0 radical (unpaired) electrons. The van der Waals surface area contributed by atoms with Gasteiger partial charge in [-0.3, -0.25) is 4.79 Å². The van der Waals surface area contributed by atoms with E-state index in [0.717, 1.165) is 18.5 Å². The van der Waals surface area contributed by atoms with Gasteiger partial charge in [0.05, 0.1) is 0 Å². The lowest BCUT2D eigenvalue weighted by Gasteiger charge is -2.23. The van der Waals surface area contributed by atoms with Crippen LogP contribution in [0.1, 0.15) is 65.7 Å². The smallest absolute Gasteiger partial charge is 0.227 e. The lowest BCUT2D eigenvalue weighted by molar-refractivity contribution is -0.120. The quantitative estimate of drug-likeness (QED) is 0.664. The normalized spacial score (nSPS) is 16.5. The third-order valence-corrected chi connectivity index (χ3v) is 5.61. The highest BCUT2D eigenvalue weighted by molar-refractivity contribution is 8.00. The van der Waals surface area contributed by atoms with Crippen LogP contribution in [0, 0.1) is 5.92 Å². The van der Waals surface area contributed by atoms with Gasteiger partial charge in [-0.15, -0.1) is 11.8 Å². The number of rotatable bonds is 6. The van der Waals surface area contributed by atoms with E-state index in [1.807, 2.05) is 23.9 Å². The summed E-state index contributed by atoms with van der Waals surface area (Å²) in [6.45, 7) is 6.81. The lowest BCUT2D eigenvalue weighted by atomic mass is 9.88. The molecule has 0 bridgehead atoms. The zero-order valence-corrected chi connectivity index (χ0v) is 15.0. The molecular weight excluding hydrogens is 290 g/mol. The van der Waals surface area contributed by atoms with Crippen molar-refractivity contribution in [2.45, 2.75) is 75.4 Å². The Labute approximate surface area is 139 Å². The number of benzene rings is 1. The summed E-state index contributed by atoms with van der Waals surface area (Å²) >= 11 is 1.91. The fourth-order valence-electron chi connectivity index (χ4n) is 3.19. The molecule has 1 N–H and O–H groups in total. The van der Waals surface area contributed by atoms with Gasteiger partial charge in [-0.05, 0) is 43.5 Å². The number of carbonyl (C=O) groups is 1. The van der Waals surface area contributed by atoms with Gasteiger partial charge in [0.1, 0.15) is 0 Å². The first-order valence-electron chi connectivity index (χ1n) is 8.60. The third-order valence-electron chi connectivity index (χ3n) is 4.34. The van der Waals surface area contributed by atoms with Crippen LogP contribution in [0.15, 0.2) is 29.2 Å². The number of amides is 1. The second-order valence-electron chi connectivity index (χ2n) is 6.96. The van der Waals surface area contributed by atoms with E-state index in [1.165, 1.54) is 37.0 Å². The van der Waals surface area contributed by atoms with Crippen molar-refractivity contribution in [2.24, 2.45) is 5.92 Å². The second kappa shape index (κ2) is 8.05. The lowest BCUT2D eigenvalue weighted by Crippen LogP contribution is -2.24. The molecule has 0 heterocycles. The van der Waals surface area contributed by atoms with Gasteiger partial charge in [0.2, 0.25) is 5.91 Å². The average molecular weight is 320 g/mol. The fraction of sp³-hybridized carbons (Fsp3) is 0.632. The van der Waals surface area contributed by atoms with Crippen LogP contribution in [0.25, 0.3) is 0 Å². The number of carbonyl (C=O) groups excluding carboxylic acids is 1. The molecule has 122 valence electrons. The summed E-state index contributed by atoms with van der Waals surface area (Å²) < 4.78 is 0.265. The molecule has 1 amide bonds. The summed E-state index contributed by atoms with van der Waals surface area (Å²) in [6.07, 6.45) is 8.17. The Kier molecular flexibility index (Phi) is 6.37. The van der Waals surface area contributed by atoms with Gasteiger partial charge in [-0.2, -0.15) is 0 Å². The number of thioether (sulfide) groups is 1. The molecule has 2 rings (SSSR count). The van der Waals surface area contributed by atoms with E-state index >= 15 is 0 Å². The maximum atomic E-state index is 12.3. The van der Waals surface area contributed by atoms with E-state index in [2.05, 4.69) is 38.2 Å². The third kappa shape index (κ3) is 5.35. The topological polar surface area (TPSA) is 29.1 Å². The van der Waals surface area contributed by atoms with Crippen molar-refractivity contribution in [1.29, 1.82) is 0 Å². The molecule has 2 nitrogen and oxygen atoms in total. The first kappa shape index (κ1) is 17.4. The van der Waals surface area contributed by atoms with Crippen LogP contribution in [0.2, 0.25) is 0 Å². The minimum Gasteiger partial charge on any atom is -0.326 e. The summed E-state index contributed by atoms with van der Waals surface area (Å²) in [5, 5.41) is 3.08. The van der Waals surface area contributed by atoms with Gasteiger partial charge in [-0.1, -0.05) is 46.5 Å². The molecule has 0 unspecified atom stereocenters. The van der Waals surface area contributed by atoms with Crippen LogP contribution in [0.5, 0.6) is 0 Å². The van der Waals surface area contributed by atoms with Crippen LogP contribution < -0.4 is 5.32 Å². The van der Waals surface area contributed by atoms with Crippen LogP contribution in [-0.2, 0) is 4.79 Å². The summed E-state index contributed by atoms with van der Waals surface area (Å²) in [4.78, 5) is 13.5. The van der Waals surface area contributed by atoms with Crippen molar-refractivity contribution >= 4 is 23.4 Å². The molecule has 0 spiro atoms. The number of anilines is 1. The molecule has 0 atom stereocenters. The van der Waals surface area contributed by atoms with Gasteiger partial charge in [0.25, 0.3) is 0 Å². The van der Waals surface area contributed by atoms with Gasteiger partial charge in [-0.25, -0.2) is 0 Å². The van der Waals surface area contributed by atoms with Crippen LogP contribution in [0.4, 0.5) is 5.69 Å². The Morgan fingerprint density at radius 2 is 1.82 bits per heavy atom. The Balaban J connectivity index is 1.90. The Morgan fingerprint density at radius 3 is 2.41 bits per heavy atom. The van der Waals surface area contributed by atoms with E-state index in [0.29, 0.717) is 0 Å². The van der Waals surface area contributed by atoms with E-state index in [-0.39, 0.29) is 16.6 Å². The predicted octanol–water partition coefficient (Wildman–Crippen LogP) is 5.88. The molecule has 1 aromatic rings. The number of nitrogens with one attached hydrogen (secondary N) is 1. The van der Waals surface area contributed by atoms with Crippen LogP contribution in [0.3, 0.4) is 0 Å². The SMILES string of the molecule is CCCC(C)(C)Sc1ccc(NC(=O)C2CCCCC2)cc1. The zero-order valence-electron chi connectivity index (χ0n) is 14.2. The molecule has 1 aromatic carbocycles. The summed E-state index contributed by atoms with van der Waals surface area (Å²) in [7, 11) is 0. The minimum absolute atomic E-state index is 0.200. The minimum atomic E-state index is 0.200. The van der Waals surface area contributed by atoms with Gasteiger partial charge < -0.3 is 5.32 Å². The molecule has 1 saturated carbocycles. The first-order chi connectivity index (χ1) is 10.5. The average Bonchev–Trinajstić information content (AvgIpc) is 2.49. The predicted molar refractivity (Wildman–Crippen MR) is 96.5 cm³/mol. The molecule has 1 fully saturated rings. The van der Waals surface area contributed by atoms with Crippen molar-refractivity contribution < 1.29 is 4.79 Å². The molecule has 22 heavy (non-hydrogen) atoms. The molecule has 0 saturated heterocycles. The van der Waals surface area contributed by atoms with Gasteiger partial charge >= 0.3 is 0 Å². The molecule has 0 aromatic heterocycles. The Bertz CT molecular complexity index is 475. The van der Waals surface area contributed by atoms with Gasteiger partial charge in [0, 0.05) is 21.2 Å². The van der Waals surface area contributed by atoms with Crippen molar-refractivity contribution in [1.82, 2.24) is 0 Å². The highest BCUT2D eigenvalue weighted by Gasteiger charge is 2.21. The Hall–Kier alpha value is -0.960. The molecule has 1 aliphatic carbocycles. The van der Waals surface area contributed by atoms with Crippen molar-refractivity contribution in [3.05, 3.63) is 24.3 Å². The van der Waals surface area contributed by atoms with E-state index in [1.54, 1.807) is 0 Å². The summed E-state index contributed by atoms with van der Waals surface area (Å²) in [6, 6.07) is 8.31. The van der Waals surface area contributed by atoms with E-state index in [9.17, 15) is 4.79 Å². The van der Waals surface area contributed by atoms with Gasteiger partial charge in [0.15, 0.2) is 0 Å². The molecular formula is C19H29NOS. The summed E-state index contributed by atoms with van der Waals surface area (Å²) in [5.74, 6) is 0.415. The first-order valence-corrected chi connectivity index (χ1v) is 9.42. The molecule has 1 aliphatic rings. The molecule has 3 heteroatoms.